The summed E-state index contributed by atoms with van der Waals surface area (Å²) in [5.74, 6) is 0. The summed E-state index contributed by atoms with van der Waals surface area (Å²) in [4.78, 5) is 8.64. The quantitative estimate of drug-likeness (QED) is 0.484. The fourth-order valence-electron chi connectivity index (χ4n) is 2.04. The molecule has 0 spiro atoms. The van der Waals surface area contributed by atoms with E-state index in [1.807, 2.05) is 6.07 Å². The molecule has 0 N–H and O–H groups in total. The van der Waals surface area contributed by atoms with E-state index in [1.165, 1.54) is 0 Å². The van der Waals surface area contributed by atoms with Gasteiger partial charge in [-0.25, -0.2) is 9.97 Å². The Balaban J connectivity index is 2.05. The van der Waals surface area contributed by atoms with E-state index >= 15 is 0 Å². The van der Waals surface area contributed by atoms with Crippen molar-refractivity contribution in [2.24, 2.45) is 0 Å². The van der Waals surface area contributed by atoms with Crippen LogP contribution >= 0.6 is 29.7 Å². The highest BCUT2D eigenvalue weighted by atomic mass is 127. The van der Waals surface area contributed by atoms with Gasteiger partial charge in [-0.2, -0.15) is 0 Å². The van der Waals surface area contributed by atoms with Crippen LogP contribution in [0.25, 0.3) is 0 Å². The van der Waals surface area contributed by atoms with E-state index in [-0.39, 0.29) is 0 Å². The molecule has 80 valence electrons. The topological polar surface area (TPSA) is 42.9 Å². The van der Waals surface area contributed by atoms with Gasteiger partial charge < -0.3 is 4.57 Å². The molecule has 1 heterocycles. The maximum atomic E-state index is 13.0. The highest BCUT2D eigenvalue weighted by Gasteiger charge is 2.53. The maximum absolute atomic E-state index is 13.0. The minimum absolute atomic E-state index is 0.406. The van der Waals surface area contributed by atoms with Crippen molar-refractivity contribution in [2.75, 3.05) is 0 Å². The number of aromatic nitrogens is 2. The fraction of sp³-hybridized carbons (Fsp3) is 0.600. The summed E-state index contributed by atoms with van der Waals surface area (Å²) in [5, 5.41) is 0. The molecule has 2 aliphatic rings. The van der Waals surface area contributed by atoms with Crippen LogP contribution in [0.2, 0.25) is 0 Å². The average molecular weight is 334 g/mol. The molecule has 0 aromatic carbocycles. The summed E-state index contributed by atoms with van der Waals surface area (Å²) in [6.07, 6.45) is 6.19. The van der Waals surface area contributed by atoms with Gasteiger partial charge in [0.2, 0.25) is 0 Å². The summed E-state index contributed by atoms with van der Waals surface area (Å²) < 4.78 is 13.9. The summed E-state index contributed by atoms with van der Waals surface area (Å²) in [5.41, 5.74) is 1.46. The zero-order valence-electron chi connectivity index (χ0n) is 8.27. The molecule has 1 aromatic rings. The standard InChI is InChI=1S/C10H12IN2OP/c11-9-5-6-12-10(13-9)15(14,7-1-2-7)8-3-4-8/h5-8H,1-4H2. The van der Waals surface area contributed by atoms with Crippen LogP contribution in [0.15, 0.2) is 12.3 Å². The van der Waals surface area contributed by atoms with Crippen molar-refractivity contribution >= 4 is 35.3 Å². The Morgan fingerprint density at radius 1 is 1.27 bits per heavy atom. The Labute approximate surface area is 103 Å². The molecule has 3 rings (SSSR count). The molecule has 0 atom stereocenters. The van der Waals surface area contributed by atoms with Gasteiger partial charge in [0, 0.05) is 17.5 Å². The molecule has 0 amide bonds. The lowest BCUT2D eigenvalue weighted by Gasteiger charge is -2.14. The molecular weight excluding hydrogens is 322 g/mol. The lowest BCUT2D eigenvalue weighted by atomic mass is 10.7. The van der Waals surface area contributed by atoms with E-state index in [0.29, 0.717) is 16.9 Å². The third-order valence-corrected chi connectivity index (χ3v) is 7.74. The van der Waals surface area contributed by atoms with Crippen LogP contribution in [0.1, 0.15) is 25.7 Å². The number of hydrogen-bond acceptors (Lipinski definition) is 3. The first-order chi connectivity index (χ1) is 7.21. The average Bonchev–Trinajstić information content (AvgIpc) is 3.04. The van der Waals surface area contributed by atoms with Crippen LogP contribution in [0.4, 0.5) is 0 Å². The smallest absolute Gasteiger partial charge is 0.190 e. The normalized spacial score (nSPS) is 21.7. The monoisotopic (exact) mass is 334 g/mol. The van der Waals surface area contributed by atoms with Gasteiger partial charge in [0.05, 0.1) is 0 Å². The largest absolute Gasteiger partial charge is 0.315 e. The molecule has 15 heavy (non-hydrogen) atoms. The van der Waals surface area contributed by atoms with Gasteiger partial charge in [0.1, 0.15) is 3.70 Å². The van der Waals surface area contributed by atoms with Gasteiger partial charge in [0.15, 0.2) is 12.7 Å². The van der Waals surface area contributed by atoms with E-state index in [0.717, 1.165) is 29.4 Å². The molecule has 0 aliphatic heterocycles. The third kappa shape index (κ3) is 1.76. The fourth-order valence-corrected chi connectivity index (χ4v) is 6.21. The van der Waals surface area contributed by atoms with Crippen LogP contribution in [-0.2, 0) is 4.57 Å². The molecule has 1 aromatic heterocycles. The molecule has 2 saturated carbocycles. The molecule has 0 radical (unpaired) electrons. The minimum atomic E-state index is -2.25. The van der Waals surface area contributed by atoms with Crippen molar-refractivity contribution in [3.05, 3.63) is 16.0 Å². The van der Waals surface area contributed by atoms with Crippen molar-refractivity contribution in [3.8, 4) is 0 Å². The Morgan fingerprint density at radius 3 is 2.33 bits per heavy atom. The summed E-state index contributed by atoms with van der Waals surface area (Å²) in [6.45, 7) is 0. The van der Waals surface area contributed by atoms with Crippen molar-refractivity contribution < 1.29 is 4.57 Å². The number of hydrogen-bond donors (Lipinski definition) is 0. The van der Waals surface area contributed by atoms with E-state index < -0.39 is 7.14 Å². The van der Waals surface area contributed by atoms with Crippen molar-refractivity contribution in [1.82, 2.24) is 9.97 Å². The molecule has 0 saturated heterocycles. The van der Waals surface area contributed by atoms with Gasteiger partial charge in [0.25, 0.3) is 0 Å². The molecule has 3 nitrogen and oxygen atoms in total. The highest BCUT2D eigenvalue weighted by Crippen LogP contribution is 2.68. The second-order valence-electron chi connectivity index (χ2n) is 4.35. The van der Waals surface area contributed by atoms with Crippen LogP contribution in [-0.4, -0.2) is 21.3 Å². The van der Waals surface area contributed by atoms with Crippen LogP contribution < -0.4 is 5.57 Å². The Bertz CT molecular complexity index is 427. The Hall–Kier alpha value is 0.0400. The second-order valence-corrected chi connectivity index (χ2v) is 8.74. The minimum Gasteiger partial charge on any atom is -0.315 e. The van der Waals surface area contributed by atoms with Crippen LogP contribution in [0.5, 0.6) is 0 Å². The first kappa shape index (κ1) is 10.2. The Morgan fingerprint density at radius 2 is 1.87 bits per heavy atom. The molecule has 2 fully saturated rings. The molecule has 0 unspecified atom stereocenters. The van der Waals surface area contributed by atoms with Crippen molar-refractivity contribution in [3.63, 3.8) is 0 Å². The summed E-state index contributed by atoms with van der Waals surface area (Å²) in [6, 6.07) is 1.86. The van der Waals surface area contributed by atoms with E-state index in [9.17, 15) is 4.57 Å². The predicted octanol–water partition coefficient (Wildman–Crippen LogP) is 2.39. The maximum Gasteiger partial charge on any atom is 0.190 e. The number of halogens is 1. The lowest BCUT2D eigenvalue weighted by molar-refractivity contribution is 0.577. The van der Waals surface area contributed by atoms with E-state index in [2.05, 4.69) is 32.6 Å². The van der Waals surface area contributed by atoms with E-state index in [1.54, 1.807) is 6.20 Å². The predicted molar refractivity (Wildman–Crippen MR) is 68.0 cm³/mol. The van der Waals surface area contributed by atoms with Gasteiger partial charge in [-0.1, -0.05) is 0 Å². The first-order valence-corrected chi connectivity index (χ1v) is 8.22. The van der Waals surface area contributed by atoms with Crippen LogP contribution in [0, 0.1) is 3.70 Å². The molecule has 0 bridgehead atoms. The number of rotatable bonds is 3. The summed E-state index contributed by atoms with van der Waals surface area (Å²) in [7, 11) is -2.25. The van der Waals surface area contributed by atoms with Crippen molar-refractivity contribution in [2.45, 2.75) is 37.0 Å². The van der Waals surface area contributed by atoms with Crippen molar-refractivity contribution in [1.29, 1.82) is 0 Å². The van der Waals surface area contributed by atoms with Crippen LogP contribution in [0.3, 0.4) is 0 Å². The van der Waals surface area contributed by atoms with Gasteiger partial charge in [-0.15, -0.1) is 0 Å². The third-order valence-electron chi connectivity index (χ3n) is 3.10. The zero-order valence-corrected chi connectivity index (χ0v) is 11.3. The lowest BCUT2D eigenvalue weighted by Crippen LogP contribution is -2.20. The first-order valence-electron chi connectivity index (χ1n) is 5.30. The second kappa shape index (κ2) is 3.52. The highest BCUT2D eigenvalue weighted by molar-refractivity contribution is 14.1. The Kier molecular flexibility index (Phi) is 2.40. The zero-order chi connectivity index (χ0) is 10.5. The van der Waals surface area contributed by atoms with Gasteiger partial charge in [-0.3, -0.25) is 0 Å². The van der Waals surface area contributed by atoms with Gasteiger partial charge >= 0.3 is 0 Å². The van der Waals surface area contributed by atoms with E-state index in [4.69, 9.17) is 0 Å². The molecular formula is C10H12IN2OP. The summed E-state index contributed by atoms with van der Waals surface area (Å²) >= 11 is 2.16. The molecule has 2 aliphatic carbocycles. The van der Waals surface area contributed by atoms with Gasteiger partial charge in [-0.05, 0) is 54.3 Å². The molecule has 5 heteroatoms. The SMILES string of the molecule is O=P(c1nccc(I)n1)(C1CC1)C1CC1. The number of nitrogens with zero attached hydrogens (tertiary/aromatic N) is 2.